The highest BCUT2D eigenvalue weighted by atomic mass is 19.1. The van der Waals surface area contributed by atoms with Gasteiger partial charge >= 0.3 is 0 Å². The van der Waals surface area contributed by atoms with Crippen molar-refractivity contribution in [2.24, 2.45) is 0 Å². The van der Waals surface area contributed by atoms with Gasteiger partial charge in [-0.15, -0.1) is 0 Å². The molecular weight excluding hydrogens is 253 g/mol. The van der Waals surface area contributed by atoms with E-state index < -0.39 is 0 Å². The second-order valence-corrected chi connectivity index (χ2v) is 5.53. The predicted octanol–water partition coefficient (Wildman–Crippen LogP) is 2.97. The quantitative estimate of drug-likeness (QED) is 0.928. The zero-order chi connectivity index (χ0) is 13.8. The SMILES string of the molecule is Fc1ccc(CCN2CCC[C@@H](c3ccn[nH]3)C2)cc1. The summed E-state index contributed by atoms with van der Waals surface area (Å²) in [5, 5.41) is 7.13. The molecule has 2 aromatic rings. The van der Waals surface area contributed by atoms with Crippen LogP contribution in [0.25, 0.3) is 0 Å². The molecule has 0 spiro atoms. The second kappa shape index (κ2) is 6.18. The number of halogens is 1. The first-order chi connectivity index (χ1) is 9.81. The van der Waals surface area contributed by atoms with E-state index in [-0.39, 0.29) is 5.82 Å². The lowest BCUT2D eigenvalue weighted by Gasteiger charge is -2.32. The Balaban J connectivity index is 1.54. The maximum absolute atomic E-state index is 12.9. The molecule has 0 saturated carbocycles. The smallest absolute Gasteiger partial charge is 0.123 e. The van der Waals surface area contributed by atoms with E-state index in [0.29, 0.717) is 5.92 Å². The molecule has 1 aliphatic rings. The van der Waals surface area contributed by atoms with Gasteiger partial charge in [-0.3, -0.25) is 5.10 Å². The third-order valence-electron chi connectivity index (χ3n) is 4.10. The predicted molar refractivity (Wildman–Crippen MR) is 77.1 cm³/mol. The Morgan fingerprint density at radius 2 is 2.10 bits per heavy atom. The second-order valence-electron chi connectivity index (χ2n) is 5.53. The summed E-state index contributed by atoms with van der Waals surface area (Å²) in [6.45, 7) is 3.28. The van der Waals surface area contributed by atoms with Crippen molar-refractivity contribution in [3.05, 3.63) is 53.6 Å². The topological polar surface area (TPSA) is 31.9 Å². The van der Waals surface area contributed by atoms with Crippen LogP contribution in [0.5, 0.6) is 0 Å². The van der Waals surface area contributed by atoms with Gasteiger partial charge in [0.1, 0.15) is 5.82 Å². The van der Waals surface area contributed by atoms with Crippen LogP contribution in [0.1, 0.15) is 30.0 Å². The zero-order valence-corrected chi connectivity index (χ0v) is 11.6. The van der Waals surface area contributed by atoms with E-state index in [9.17, 15) is 4.39 Å². The number of nitrogens with zero attached hydrogens (tertiary/aromatic N) is 2. The maximum Gasteiger partial charge on any atom is 0.123 e. The summed E-state index contributed by atoms with van der Waals surface area (Å²) in [5.41, 5.74) is 2.45. The molecule has 0 bridgehead atoms. The Morgan fingerprint density at radius 1 is 1.25 bits per heavy atom. The van der Waals surface area contributed by atoms with Gasteiger partial charge in [-0.25, -0.2) is 4.39 Å². The number of H-pyrrole nitrogens is 1. The van der Waals surface area contributed by atoms with Gasteiger partial charge in [0.15, 0.2) is 0 Å². The van der Waals surface area contributed by atoms with Crippen LogP contribution in [0.3, 0.4) is 0 Å². The van der Waals surface area contributed by atoms with Crippen molar-refractivity contribution in [2.45, 2.75) is 25.2 Å². The maximum atomic E-state index is 12.9. The number of likely N-dealkylation sites (tertiary alicyclic amines) is 1. The highest BCUT2D eigenvalue weighted by Gasteiger charge is 2.21. The van der Waals surface area contributed by atoms with Crippen LogP contribution in [0.2, 0.25) is 0 Å². The number of hydrogen-bond donors (Lipinski definition) is 1. The number of hydrogen-bond acceptors (Lipinski definition) is 2. The molecule has 4 heteroatoms. The fraction of sp³-hybridized carbons (Fsp3) is 0.438. The van der Waals surface area contributed by atoms with E-state index in [1.54, 1.807) is 12.1 Å². The first-order valence-corrected chi connectivity index (χ1v) is 7.27. The Morgan fingerprint density at radius 3 is 2.85 bits per heavy atom. The molecule has 1 N–H and O–H groups in total. The van der Waals surface area contributed by atoms with Crippen molar-refractivity contribution < 1.29 is 4.39 Å². The average molecular weight is 273 g/mol. The number of nitrogens with one attached hydrogen (secondary N) is 1. The molecule has 1 aliphatic heterocycles. The Hall–Kier alpha value is -1.68. The van der Waals surface area contributed by atoms with Crippen molar-refractivity contribution in [1.82, 2.24) is 15.1 Å². The minimum Gasteiger partial charge on any atom is -0.302 e. The normalized spacial score (nSPS) is 20.1. The molecule has 3 rings (SSSR count). The van der Waals surface area contributed by atoms with Gasteiger partial charge in [0.05, 0.1) is 0 Å². The van der Waals surface area contributed by atoms with E-state index in [0.717, 1.165) is 26.1 Å². The number of aromatic amines is 1. The van der Waals surface area contributed by atoms with Crippen molar-refractivity contribution in [3.63, 3.8) is 0 Å². The fourth-order valence-electron chi connectivity index (χ4n) is 2.94. The van der Waals surface area contributed by atoms with E-state index in [1.165, 1.54) is 24.1 Å². The summed E-state index contributed by atoms with van der Waals surface area (Å²) < 4.78 is 12.9. The molecule has 0 aliphatic carbocycles. The standard InChI is InChI=1S/C16H20FN3/c17-15-5-3-13(4-6-15)8-11-20-10-1-2-14(12-20)16-7-9-18-19-16/h3-7,9,14H,1-2,8,10-12H2,(H,18,19)/t14-/m1/s1. The van der Waals surface area contributed by atoms with Gasteiger partial charge in [0, 0.05) is 30.9 Å². The van der Waals surface area contributed by atoms with Crippen LogP contribution in [-0.4, -0.2) is 34.7 Å². The molecule has 1 aromatic heterocycles. The lowest BCUT2D eigenvalue weighted by atomic mass is 9.94. The number of piperidine rings is 1. The van der Waals surface area contributed by atoms with Gasteiger partial charge in [-0.2, -0.15) is 5.10 Å². The molecule has 20 heavy (non-hydrogen) atoms. The molecule has 106 valence electrons. The minimum atomic E-state index is -0.161. The molecule has 1 saturated heterocycles. The summed E-state index contributed by atoms with van der Waals surface area (Å²) in [7, 11) is 0. The van der Waals surface area contributed by atoms with Crippen LogP contribution in [0, 0.1) is 5.82 Å². The molecule has 0 unspecified atom stereocenters. The molecule has 1 aromatic carbocycles. The van der Waals surface area contributed by atoms with Crippen LogP contribution in [0.15, 0.2) is 36.5 Å². The van der Waals surface area contributed by atoms with E-state index in [2.05, 4.69) is 21.2 Å². The molecule has 2 heterocycles. The van der Waals surface area contributed by atoms with Gasteiger partial charge in [0.2, 0.25) is 0 Å². The van der Waals surface area contributed by atoms with Crippen LogP contribution >= 0.6 is 0 Å². The summed E-state index contributed by atoms with van der Waals surface area (Å²) in [4.78, 5) is 2.50. The van der Waals surface area contributed by atoms with E-state index >= 15 is 0 Å². The third-order valence-corrected chi connectivity index (χ3v) is 4.10. The van der Waals surface area contributed by atoms with Crippen LogP contribution in [-0.2, 0) is 6.42 Å². The Labute approximate surface area is 118 Å². The van der Waals surface area contributed by atoms with Crippen molar-refractivity contribution in [3.8, 4) is 0 Å². The largest absolute Gasteiger partial charge is 0.302 e. The van der Waals surface area contributed by atoms with E-state index in [1.807, 2.05) is 18.3 Å². The third kappa shape index (κ3) is 3.25. The van der Waals surface area contributed by atoms with Crippen LogP contribution in [0.4, 0.5) is 4.39 Å². The van der Waals surface area contributed by atoms with Gasteiger partial charge in [-0.05, 0) is 49.6 Å². The lowest BCUT2D eigenvalue weighted by Crippen LogP contribution is -2.35. The highest BCUT2D eigenvalue weighted by Crippen LogP contribution is 2.25. The zero-order valence-electron chi connectivity index (χ0n) is 11.6. The lowest BCUT2D eigenvalue weighted by molar-refractivity contribution is 0.208. The first kappa shape index (κ1) is 13.3. The number of aromatic nitrogens is 2. The van der Waals surface area contributed by atoms with E-state index in [4.69, 9.17) is 0 Å². The monoisotopic (exact) mass is 273 g/mol. The molecule has 1 fully saturated rings. The number of benzene rings is 1. The molecule has 1 atom stereocenters. The molecule has 0 amide bonds. The number of rotatable bonds is 4. The molecule has 3 nitrogen and oxygen atoms in total. The van der Waals surface area contributed by atoms with Crippen molar-refractivity contribution in [1.29, 1.82) is 0 Å². The van der Waals surface area contributed by atoms with Crippen molar-refractivity contribution in [2.75, 3.05) is 19.6 Å². The summed E-state index contributed by atoms with van der Waals surface area (Å²) >= 11 is 0. The van der Waals surface area contributed by atoms with Gasteiger partial charge in [-0.1, -0.05) is 12.1 Å². The average Bonchev–Trinajstić information content (AvgIpc) is 3.01. The Bertz CT molecular complexity index is 521. The summed E-state index contributed by atoms with van der Waals surface area (Å²) in [6, 6.07) is 8.92. The Kier molecular flexibility index (Phi) is 4.11. The van der Waals surface area contributed by atoms with Gasteiger partial charge < -0.3 is 4.90 Å². The van der Waals surface area contributed by atoms with Gasteiger partial charge in [0.25, 0.3) is 0 Å². The molecular formula is C16H20FN3. The summed E-state index contributed by atoms with van der Waals surface area (Å²) in [6.07, 6.45) is 5.27. The first-order valence-electron chi connectivity index (χ1n) is 7.27. The van der Waals surface area contributed by atoms with Crippen molar-refractivity contribution >= 4 is 0 Å². The molecule has 0 radical (unpaired) electrons. The van der Waals surface area contributed by atoms with Crippen LogP contribution < -0.4 is 0 Å². The highest BCUT2D eigenvalue weighted by molar-refractivity contribution is 5.16. The fourth-order valence-corrected chi connectivity index (χ4v) is 2.94. The summed E-state index contributed by atoms with van der Waals surface area (Å²) in [5.74, 6) is 0.408. The minimum absolute atomic E-state index is 0.161.